The Kier molecular flexibility index (Phi) is 8.69. The van der Waals surface area contributed by atoms with E-state index in [1.165, 1.54) is 12.3 Å². The van der Waals surface area contributed by atoms with Crippen LogP contribution < -0.4 is 9.30 Å². The molecule has 0 N–H and O–H groups in total. The lowest BCUT2D eigenvalue weighted by Gasteiger charge is -2.26. The number of para-hydroxylation sites is 2. The highest BCUT2D eigenvalue weighted by atomic mass is 16.5. The standard InChI is InChI=1S/C79H70N4O/c1-52-40-75(80-50-69(52)55-28-18-13-19-29-55)83-71-35-21-20-32-67(71)68-38-37-65(49-73(68)83)84-64-31-22-30-63(48-64)81-51-82(72-39-36-56(46-74(72)81)59-44-61(77(2,3)4)47-62(45-59)78(5,6)7)76-66(33-23-34-70(76)79(8,9)10)60-42-57(53-24-14-11-15-25-53)41-58(43-60)54-26-16-12-17-27-54/h11-50H,1-10H3/i1D3,11D,12D,13D,14D,15D,16D,17D,18D,19D,24D,25D,26D,27D,28D,29D,41D,42D,43D. The number of aromatic nitrogens is 4. The molecule has 3 aromatic heterocycles. The molecule has 84 heavy (non-hydrogen) atoms. The van der Waals surface area contributed by atoms with Gasteiger partial charge in [0.2, 0.25) is 0 Å². The molecule has 0 fully saturated rings. The van der Waals surface area contributed by atoms with Gasteiger partial charge in [-0.15, -0.1) is 0 Å². The van der Waals surface area contributed by atoms with Gasteiger partial charge in [0, 0.05) is 32.7 Å². The normalized spacial score (nSPS) is 15.8. The minimum Gasteiger partial charge on any atom is -0.458 e. The summed E-state index contributed by atoms with van der Waals surface area (Å²) in [5, 5.41) is 1.55. The van der Waals surface area contributed by atoms with Gasteiger partial charge in [0.15, 0.2) is 0 Å². The first-order valence-corrected chi connectivity index (χ1v) is 27.6. The van der Waals surface area contributed by atoms with Crippen molar-refractivity contribution in [3.8, 4) is 84.3 Å². The Morgan fingerprint density at radius 1 is 0.476 bits per heavy atom. The first kappa shape index (κ1) is 34.8. The van der Waals surface area contributed by atoms with Crippen molar-refractivity contribution in [2.75, 3.05) is 0 Å². The van der Waals surface area contributed by atoms with Crippen LogP contribution in [-0.2, 0) is 16.2 Å². The fourth-order valence-electron chi connectivity index (χ4n) is 10.7. The molecular weight excluding hydrogens is 1020 g/mol. The molecule has 0 atom stereocenters. The molecule has 13 rings (SSSR count). The Balaban J connectivity index is 1.05. The molecule has 10 aromatic carbocycles. The summed E-state index contributed by atoms with van der Waals surface area (Å²) in [6.07, 6.45) is 4.90. The number of hydrogen-bond acceptors (Lipinski definition) is 2. The maximum atomic E-state index is 10.3. The number of imidazole rings is 1. The average molecular weight is 1110 g/mol. The van der Waals surface area contributed by atoms with Crippen LogP contribution in [0.2, 0.25) is 0 Å². The van der Waals surface area contributed by atoms with E-state index in [-0.39, 0.29) is 44.5 Å². The molecule has 0 radical (unpaired) electrons. The summed E-state index contributed by atoms with van der Waals surface area (Å²) >= 11 is 0. The summed E-state index contributed by atoms with van der Waals surface area (Å²) in [6, 6.07) is 26.7. The van der Waals surface area contributed by atoms with Gasteiger partial charge in [-0.1, -0.05) is 226 Å². The number of benzene rings is 10. The van der Waals surface area contributed by atoms with Crippen LogP contribution >= 0.6 is 0 Å². The molecule has 5 nitrogen and oxygen atoms in total. The molecule has 412 valence electrons. The topological polar surface area (TPSA) is 35.9 Å². The third-order valence-corrected chi connectivity index (χ3v) is 15.1. The smallest absolute Gasteiger partial charge is 0.269 e. The molecule has 0 spiro atoms. The lowest BCUT2D eigenvalue weighted by molar-refractivity contribution is -0.572. The Bertz CT molecular complexity index is 5660. The second-order valence-corrected chi connectivity index (χ2v) is 23.9. The Hall–Kier alpha value is -9.58. The predicted octanol–water partition coefficient (Wildman–Crippen LogP) is 20.5. The molecule has 0 unspecified atom stereocenters. The molecule has 0 saturated heterocycles. The highest BCUT2D eigenvalue weighted by Crippen LogP contribution is 2.42. The van der Waals surface area contributed by atoms with E-state index in [0.717, 1.165) is 33.0 Å². The van der Waals surface area contributed by atoms with Crippen molar-refractivity contribution in [2.24, 2.45) is 0 Å². The van der Waals surface area contributed by atoms with Crippen molar-refractivity contribution in [2.45, 2.75) is 85.4 Å². The van der Waals surface area contributed by atoms with Crippen LogP contribution in [-0.4, -0.2) is 14.1 Å². The van der Waals surface area contributed by atoms with Crippen LogP contribution in [0.3, 0.4) is 0 Å². The molecule has 0 aliphatic carbocycles. The van der Waals surface area contributed by atoms with Crippen molar-refractivity contribution < 1.29 is 38.1 Å². The van der Waals surface area contributed by atoms with E-state index in [1.54, 1.807) is 39.5 Å². The van der Waals surface area contributed by atoms with E-state index in [1.807, 2.05) is 98.1 Å². The van der Waals surface area contributed by atoms with Crippen molar-refractivity contribution >= 4 is 32.8 Å². The van der Waals surface area contributed by atoms with Gasteiger partial charge in [-0.2, -0.15) is 0 Å². The maximum Gasteiger partial charge on any atom is 0.269 e. The van der Waals surface area contributed by atoms with Crippen LogP contribution in [0.15, 0.2) is 242 Å². The van der Waals surface area contributed by atoms with Gasteiger partial charge >= 0.3 is 0 Å². The van der Waals surface area contributed by atoms with E-state index in [4.69, 9.17) is 28.9 Å². The zero-order valence-electron chi connectivity index (χ0n) is 68.9. The van der Waals surface area contributed by atoms with Gasteiger partial charge < -0.3 is 4.74 Å². The van der Waals surface area contributed by atoms with Gasteiger partial charge in [-0.05, 0) is 162 Å². The first-order chi connectivity index (χ1) is 49.1. The molecule has 0 aliphatic heterocycles. The number of pyridine rings is 1. The van der Waals surface area contributed by atoms with Gasteiger partial charge in [0.05, 0.1) is 58.1 Å². The fourth-order valence-corrected chi connectivity index (χ4v) is 10.7. The molecule has 5 heteroatoms. The van der Waals surface area contributed by atoms with Crippen LogP contribution in [0.5, 0.6) is 11.5 Å². The number of aryl methyl sites for hydroxylation is 1. The number of nitrogens with zero attached hydrogens (tertiary/aromatic N) is 4. The van der Waals surface area contributed by atoms with E-state index in [2.05, 4.69) is 66.1 Å². The summed E-state index contributed by atoms with van der Waals surface area (Å²) < 4.78 is 200. The van der Waals surface area contributed by atoms with Crippen molar-refractivity contribution in [1.29, 1.82) is 0 Å². The molecule has 3 heterocycles. The second-order valence-electron chi connectivity index (χ2n) is 23.9. The van der Waals surface area contributed by atoms with Gasteiger partial charge in [0.25, 0.3) is 6.33 Å². The largest absolute Gasteiger partial charge is 0.458 e. The van der Waals surface area contributed by atoms with Crippen molar-refractivity contribution in [3.05, 3.63) is 271 Å². The average Bonchev–Trinajstić information content (AvgIpc) is 0.788. The zero-order valence-corrected chi connectivity index (χ0v) is 47.9. The summed E-state index contributed by atoms with van der Waals surface area (Å²) in [4.78, 5) is 4.75. The molecule has 0 saturated carbocycles. The van der Waals surface area contributed by atoms with Crippen molar-refractivity contribution in [3.63, 3.8) is 0 Å². The van der Waals surface area contributed by atoms with Gasteiger partial charge in [-0.25, -0.2) is 4.98 Å². The number of ether oxygens (including phenoxy) is 1. The summed E-state index contributed by atoms with van der Waals surface area (Å²) in [5.74, 6) is 0.875. The van der Waals surface area contributed by atoms with E-state index in [9.17, 15) is 9.60 Å². The SMILES string of the molecule is [2H]c1c([2H])c([2H])c(-c2cnc(-n3c4ccccc4c4ccc(Oc5cccc(-n6[c-][n+](-c7c(-c8c([2H])c(-c9c([2H])c([2H])c([2H])c([2H])c9[2H])c([2H])c(-c9c([2H])c([2H])c([2H])c([2H])c9[2H])c8[2H])cccc7C(C)(C)C)c7ccc(-c8cc(C(C)(C)C)cc(C(C)(C)C)c8)cc76)c5)cc43)cc2C([2H])([2H])[2H])c([2H])c1[2H]. The Morgan fingerprint density at radius 2 is 1.10 bits per heavy atom. The highest BCUT2D eigenvalue weighted by Gasteiger charge is 2.27. The summed E-state index contributed by atoms with van der Waals surface area (Å²) in [5.41, 5.74) is 3.53. The summed E-state index contributed by atoms with van der Waals surface area (Å²) in [6.45, 7) is 16.1. The van der Waals surface area contributed by atoms with Gasteiger partial charge in [-0.3, -0.25) is 13.7 Å². The van der Waals surface area contributed by atoms with E-state index in [0.29, 0.717) is 50.5 Å². The third-order valence-electron chi connectivity index (χ3n) is 15.1. The second kappa shape index (κ2) is 21.0. The van der Waals surface area contributed by atoms with Crippen LogP contribution in [0.1, 0.15) is 113 Å². The maximum absolute atomic E-state index is 10.3. The molecule has 0 amide bonds. The molecular formula is C79H70N4O. The van der Waals surface area contributed by atoms with Crippen molar-refractivity contribution in [1.82, 2.24) is 14.1 Å². The molecule has 0 aliphatic rings. The number of hydrogen-bond donors (Lipinski definition) is 0. The zero-order chi connectivity index (χ0) is 76.2. The van der Waals surface area contributed by atoms with Crippen LogP contribution in [0, 0.1) is 13.2 Å². The minimum atomic E-state index is -2.84. The van der Waals surface area contributed by atoms with Crippen LogP contribution in [0.25, 0.3) is 106 Å². The minimum absolute atomic E-state index is 0.144. The van der Waals surface area contributed by atoms with Crippen LogP contribution in [0.4, 0.5) is 0 Å². The number of rotatable bonds is 10. The summed E-state index contributed by atoms with van der Waals surface area (Å²) in [7, 11) is 0. The Labute approximate surface area is 524 Å². The molecule has 13 aromatic rings. The fraction of sp³-hybridized carbons (Fsp3) is 0.165. The van der Waals surface area contributed by atoms with E-state index >= 15 is 0 Å². The quantitative estimate of drug-likeness (QED) is 0.101. The number of fused-ring (bicyclic) bond motifs is 4. The monoisotopic (exact) mass is 1110 g/mol. The lowest BCUT2D eigenvalue weighted by Crippen LogP contribution is -2.34. The highest BCUT2D eigenvalue weighted by molar-refractivity contribution is 6.09. The van der Waals surface area contributed by atoms with Gasteiger partial charge in [0.1, 0.15) is 17.3 Å². The Morgan fingerprint density at radius 3 is 1.75 bits per heavy atom. The lowest BCUT2D eigenvalue weighted by atomic mass is 9.79. The predicted molar refractivity (Wildman–Crippen MR) is 350 cm³/mol. The molecule has 0 bridgehead atoms. The van der Waals surface area contributed by atoms with E-state index < -0.39 is 143 Å². The first-order valence-electron chi connectivity index (χ1n) is 38.1. The third kappa shape index (κ3) is 10.2.